The van der Waals surface area contributed by atoms with Crippen molar-refractivity contribution in [3.05, 3.63) is 29.8 Å². The number of carbonyl (C=O) groups is 1. The van der Waals surface area contributed by atoms with E-state index in [1.165, 1.54) is 10.6 Å². The van der Waals surface area contributed by atoms with E-state index in [1.807, 2.05) is 25.2 Å². The molecular formula is C18H28N2O3S. The fourth-order valence-corrected chi connectivity index (χ4v) is 4.10. The third-order valence-electron chi connectivity index (χ3n) is 4.68. The Morgan fingerprint density at radius 3 is 2.21 bits per heavy atom. The van der Waals surface area contributed by atoms with E-state index in [4.69, 9.17) is 0 Å². The van der Waals surface area contributed by atoms with Gasteiger partial charge in [-0.1, -0.05) is 39.0 Å². The van der Waals surface area contributed by atoms with Crippen molar-refractivity contribution in [2.24, 2.45) is 5.92 Å². The second kappa shape index (κ2) is 6.84. The van der Waals surface area contributed by atoms with Gasteiger partial charge in [-0.2, -0.15) is 0 Å². The molecule has 134 valence electrons. The molecule has 0 aromatic heterocycles. The van der Waals surface area contributed by atoms with E-state index < -0.39 is 10.0 Å². The first-order chi connectivity index (χ1) is 11.0. The third-order valence-corrected chi connectivity index (χ3v) is 5.98. The van der Waals surface area contributed by atoms with Gasteiger partial charge in [-0.25, -0.2) is 12.7 Å². The summed E-state index contributed by atoms with van der Waals surface area (Å²) in [5.74, 6) is -0.0547. The van der Waals surface area contributed by atoms with Gasteiger partial charge in [0, 0.05) is 31.7 Å². The molecule has 1 aromatic rings. The van der Waals surface area contributed by atoms with Crippen molar-refractivity contribution in [2.45, 2.75) is 39.0 Å². The van der Waals surface area contributed by atoms with E-state index in [0.717, 1.165) is 11.3 Å². The number of rotatable bonds is 3. The van der Waals surface area contributed by atoms with Gasteiger partial charge in [-0.3, -0.25) is 4.79 Å². The van der Waals surface area contributed by atoms with E-state index >= 15 is 0 Å². The fourth-order valence-electron chi connectivity index (χ4n) is 3.23. The maximum atomic E-state index is 12.9. The van der Waals surface area contributed by atoms with Crippen molar-refractivity contribution < 1.29 is 13.2 Å². The van der Waals surface area contributed by atoms with Gasteiger partial charge in [-0.15, -0.1) is 0 Å². The van der Waals surface area contributed by atoms with Crippen LogP contribution in [0.15, 0.2) is 24.3 Å². The molecule has 1 heterocycles. The normalized spacial score (nSPS) is 17.7. The number of piperidine rings is 1. The highest BCUT2D eigenvalue weighted by Crippen LogP contribution is 2.33. The monoisotopic (exact) mass is 352 g/mol. The van der Waals surface area contributed by atoms with Crippen LogP contribution in [0.25, 0.3) is 0 Å². The Morgan fingerprint density at radius 1 is 1.17 bits per heavy atom. The molecule has 1 saturated heterocycles. The Labute approximate surface area is 145 Å². The summed E-state index contributed by atoms with van der Waals surface area (Å²) in [5, 5.41) is 0. The van der Waals surface area contributed by atoms with Crippen LogP contribution in [-0.2, 0) is 20.2 Å². The van der Waals surface area contributed by atoms with Crippen molar-refractivity contribution in [3.8, 4) is 0 Å². The van der Waals surface area contributed by atoms with Crippen LogP contribution in [0.1, 0.15) is 39.2 Å². The number of carbonyl (C=O) groups excluding carboxylic acids is 1. The lowest BCUT2D eigenvalue weighted by atomic mass is 9.85. The molecule has 2 rings (SSSR count). The maximum Gasteiger partial charge on any atom is 0.229 e. The fraction of sp³-hybridized carbons (Fsp3) is 0.611. The Morgan fingerprint density at radius 2 is 1.71 bits per heavy atom. The zero-order chi connectivity index (χ0) is 18.1. The van der Waals surface area contributed by atoms with Gasteiger partial charge < -0.3 is 4.90 Å². The number of hydrogen-bond donors (Lipinski definition) is 0. The van der Waals surface area contributed by atoms with E-state index in [-0.39, 0.29) is 17.2 Å². The first-order valence-electron chi connectivity index (χ1n) is 8.34. The quantitative estimate of drug-likeness (QED) is 0.840. The molecule has 0 N–H and O–H groups in total. The van der Waals surface area contributed by atoms with Crippen LogP contribution in [0.4, 0.5) is 5.69 Å². The standard InChI is InChI=1S/C18H28N2O3S/c1-18(2,3)15-8-6-7-9-16(15)19(4)17(21)14-10-12-20(13-11-14)24(5,22)23/h6-9,14H,10-13H2,1-5H3. The van der Waals surface area contributed by atoms with E-state index in [2.05, 4.69) is 26.8 Å². The van der Waals surface area contributed by atoms with Crippen molar-refractivity contribution >= 4 is 21.6 Å². The largest absolute Gasteiger partial charge is 0.315 e. The van der Waals surface area contributed by atoms with Crippen LogP contribution in [0, 0.1) is 5.92 Å². The lowest BCUT2D eigenvalue weighted by Crippen LogP contribution is -2.43. The zero-order valence-corrected chi connectivity index (χ0v) is 16.1. The molecule has 1 aliphatic heterocycles. The predicted molar refractivity (Wildman–Crippen MR) is 97.7 cm³/mol. The van der Waals surface area contributed by atoms with Crippen molar-refractivity contribution in [1.29, 1.82) is 0 Å². The first kappa shape index (κ1) is 18.9. The van der Waals surface area contributed by atoms with E-state index in [0.29, 0.717) is 25.9 Å². The van der Waals surface area contributed by atoms with Crippen molar-refractivity contribution in [3.63, 3.8) is 0 Å². The van der Waals surface area contributed by atoms with E-state index in [1.54, 1.807) is 4.90 Å². The molecular weight excluding hydrogens is 324 g/mol. The summed E-state index contributed by atoms with van der Waals surface area (Å²) >= 11 is 0. The van der Waals surface area contributed by atoms with Crippen molar-refractivity contribution in [1.82, 2.24) is 4.31 Å². The summed E-state index contributed by atoms with van der Waals surface area (Å²) in [5.41, 5.74) is 2.01. The molecule has 1 fully saturated rings. The molecule has 0 atom stereocenters. The lowest BCUT2D eigenvalue weighted by Gasteiger charge is -2.33. The van der Waals surface area contributed by atoms with Crippen LogP contribution in [0.3, 0.4) is 0 Å². The first-order valence-corrected chi connectivity index (χ1v) is 10.2. The lowest BCUT2D eigenvalue weighted by molar-refractivity contribution is -0.123. The molecule has 6 heteroatoms. The van der Waals surface area contributed by atoms with Crippen LogP contribution >= 0.6 is 0 Å². The Hall–Kier alpha value is -1.40. The molecule has 24 heavy (non-hydrogen) atoms. The smallest absolute Gasteiger partial charge is 0.229 e. The van der Waals surface area contributed by atoms with Gasteiger partial charge in [-0.05, 0) is 29.9 Å². The topological polar surface area (TPSA) is 57.7 Å². The van der Waals surface area contributed by atoms with Gasteiger partial charge in [0.1, 0.15) is 0 Å². The number of anilines is 1. The summed E-state index contributed by atoms with van der Waals surface area (Å²) in [7, 11) is -1.35. The molecule has 0 spiro atoms. The second-order valence-electron chi connectivity index (χ2n) is 7.60. The van der Waals surface area contributed by atoms with Crippen LogP contribution in [-0.4, -0.2) is 45.0 Å². The molecule has 1 aromatic carbocycles. The second-order valence-corrected chi connectivity index (χ2v) is 9.58. The molecule has 0 bridgehead atoms. The van der Waals surface area contributed by atoms with Gasteiger partial charge in [0.2, 0.25) is 15.9 Å². The number of hydrogen-bond acceptors (Lipinski definition) is 3. The molecule has 0 saturated carbocycles. The molecule has 1 aliphatic rings. The molecule has 0 radical (unpaired) electrons. The summed E-state index contributed by atoms with van der Waals surface area (Å²) in [6.45, 7) is 7.24. The summed E-state index contributed by atoms with van der Waals surface area (Å²) in [6, 6.07) is 7.98. The van der Waals surface area contributed by atoms with Gasteiger partial charge >= 0.3 is 0 Å². The van der Waals surface area contributed by atoms with E-state index in [9.17, 15) is 13.2 Å². The molecule has 1 amide bonds. The third kappa shape index (κ3) is 4.16. The summed E-state index contributed by atoms with van der Waals surface area (Å²) in [4.78, 5) is 14.6. The zero-order valence-electron chi connectivity index (χ0n) is 15.2. The minimum absolute atomic E-state index is 0.0508. The number of nitrogens with zero attached hydrogens (tertiary/aromatic N) is 2. The molecule has 0 aliphatic carbocycles. The van der Waals surface area contributed by atoms with Gasteiger partial charge in [0.15, 0.2) is 0 Å². The van der Waals surface area contributed by atoms with Crippen LogP contribution in [0.5, 0.6) is 0 Å². The number of sulfonamides is 1. The minimum Gasteiger partial charge on any atom is -0.315 e. The average molecular weight is 353 g/mol. The predicted octanol–water partition coefficient (Wildman–Crippen LogP) is 2.62. The molecule has 0 unspecified atom stereocenters. The van der Waals surface area contributed by atoms with Gasteiger partial charge in [0.25, 0.3) is 0 Å². The Bertz CT molecular complexity index is 699. The summed E-state index contributed by atoms with van der Waals surface area (Å²) < 4.78 is 24.7. The van der Waals surface area contributed by atoms with Gasteiger partial charge in [0.05, 0.1) is 6.26 Å². The highest BCUT2D eigenvalue weighted by atomic mass is 32.2. The highest BCUT2D eigenvalue weighted by molar-refractivity contribution is 7.88. The highest BCUT2D eigenvalue weighted by Gasteiger charge is 2.32. The number of amides is 1. The summed E-state index contributed by atoms with van der Waals surface area (Å²) in [6.07, 6.45) is 2.38. The van der Waals surface area contributed by atoms with Crippen LogP contribution in [0.2, 0.25) is 0 Å². The Kier molecular flexibility index (Phi) is 5.40. The molecule has 5 nitrogen and oxygen atoms in total. The maximum absolute atomic E-state index is 12.9. The minimum atomic E-state index is -3.17. The average Bonchev–Trinajstić information content (AvgIpc) is 2.52. The Balaban J connectivity index is 2.15. The van der Waals surface area contributed by atoms with Crippen LogP contribution < -0.4 is 4.90 Å². The number of benzene rings is 1. The SMILES string of the molecule is CN(C(=O)C1CCN(S(C)(=O)=O)CC1)c1ccccc1C(C)(C)C. The number of para-hydroxylation sites is 1. The van der Waals surface area contributed by atoms with Crippen molar-refractivity contribution in [2.75, 3.05) is 31.3 Å².